The number of alkyl halides is 3. The lowest BCUT2D eigenvalue weighted by molar-refractivity contribution is -0.142. The van der Waals surface area contributed by atoms with Crippen LogP contribution >= 0.6 is 11.6 Å². The molecule has 3 rings (SSSR count). The van der Waals surface area contributed by atoms with Crippen molar-refractivity contribution in [3.63, 3.8) is 0 Å². The Morgan fingerprint density at radius 3 is 2.34 bits per heavy atom. The molecule has 154 valence electrons. The van der Waals surface area contributed by atoms with E-state index in [1.807, 2.05) is 0 Å². The van der Waals surface area contributed by atoms with Crippen molar-refractivity contribution in [1.82, 2.24) is 14.8 Å². The van der Waals surface area contributed by atoms with E-state index in [1.165, 1.54) is 48.7 Å². The lowest BCUT2D eigenvalue weighted by atomic mass is 9.89. The summed E-state index contributed by atoms with van der Waals surface area (Å²) >= 11 is 5.80. The van der Waals surface area contributed by atoms with E-state index < -0.39 is 17.3 Å². The zero-order chi connectivity index (χ0) is 21.1. The number of benzene rings is 2. The Morgan fingerprint density at radius 1 is 1.07 bits per heavy atom. The first-order valence-corrected chi connectivity index (χ1v) is 8.78. The first-order valence-electron chi connectivity index (χ1n) is 8.40. The van der Waals surface area contributed by atoms with Crippen LogP contribution in [0, 0.1) is 0 Å². The lowest BCUT2D eigenvalue weighted by Gasteiger charge is -2.30. The second-order valence-electron chi connectivity index (χ2n) is 6.32. The lowest BCUT2D eigenvalue weighted by Crippen LogP contribution is -2.38. The summed E-state index contributed by atoms with van der Waals surface area (Å²) in [7, 11) is 1.29. The molecular weight excluding hydrogens is 411 g/mol. The Labute approximate surface area is 169 Å². The number of nitrogens with zero attached hydrogens (tertiary/aromatic N) is 3. The van der Waals surface area contributed by atoms with Crippen LogP contribution < -0.4 is 4.74 Å². The molecule has 3 aromatic rings. The third-order valence-electron chi connectivity index (χ3n) is 4.12. The van der Waals surface area contributed by atoms with Crippen LogP contribution in [0.5, 0.6) is 11.5 Å². The average molecular weight is 428 g/mol. The van der Waals surface area contributed by atoms with Crippen molar-refractivity contribution in [2.45, 2.75) is 18.3 Å². The minimum absolute atomic E-state index is 0.0380. The van der Waals surface area contributed by atoms with Crippen molar-refractivity contribution < 1.29 is 27.8 Å². The van der Waals surface area contributed by atoms with Gasteiger partial charge in [-0.05, 0) is 36.4 Å². The van der Waals surface area contributed by atoms with Gasteiger partial charge >= 0.3 is 6.18 Å². The number of halogens is 4. The largest absolute Gasteiger partial charge is 0.457 e. The summed E-state index contributed by atoms with van der Waals surface area (Å²) in [5.74, 6) is 0.286. The van der Waals surface area contributed by atoms with Crippen molar-refractivity contribution in [2.24, 2.45) is 0 Å². The minimum Gasteiger partial charge on any atom is -0.457 e. The predicted molar refractivity (Wildman–Crippen MR) is 98.8 cm³/mol. The van der Waals surface area contributed by atoms with Gasteiger partial charge < -0.3 is 14.6 Å². The third-order valence-corrected chi connectivity index (χ3v) is 4.37. The van der Waals surface area contributed by atoms with Gasteiger partial charge in [0.1, 0.15) is 29.8 Å². The number of rotatable bonds is 7. The molecule has 0 aliphatic carbocycles. The summed E-state index contributed by atoms with van der Waals surface area (Å²) in [6.45, 7) is -0.658. The highest BCUT2D eigenvalue weighted by Gasteiger charge is 2.42. The molecule has 1 aromatic heterocycles. The fraction of sp³-hybridized carbons (Fsp3) is 0.263. The molecule has 0 fully saturated rings. The molecule has 0 amide bonds. The molecule has 0 radical (unpaired) electrons. The summed E-state index contributed by atoms with van der Waals surface area (Å²) in [5, 5.41) is 15.4. The molecular formula is C19H17ClF3N3O3. The summed E-state index contributed by atoms with van der Waals surface area (Å²) in [6.07, 6.45) is -2.22. The van der Waals surface area contributed by atoms with Crippen molar-refractivity contribution in [3.8, 4) is 11.5 Å². The second kappa shape index (κ2) is 8.40. The number of aliphatic hydroxyl groups is 1. The number of aromatic nitrogens is 3. The van der Waals surface area contributed by atoms with E-state index >= 15 is 0 Å². The maximum absolute atomic E-state index is 13.8. The SMILES string of the molecule is COC[C@@](O)(Cn1cncn1)c1ccc(Oc2ccc(Cl)cc2)cc1C(F)(F)F. The fourth-order valence-electron chi connectivity index (χ4n) is 2.90. The summed E-state index contributed by atoms with van der Waals surface area (Å²) in [5.41, 5.74) is -3.39. The van der Waals surface area contributed by atoms with Crippen molar-refractivity contribution in [1.29, 1.82) is 0 Å². The van der Waals surface area contributed by atoms with Crippen molar-refractivity contribution in [3.05, 3.63) is 71.3 Å². The molecule has 0 aliphatic rings. The van der Waals surface area contributed by atoms with E-state index in [-0.39, 0.29) is 24.5 Å². The summed E-state index contributed by atoms with van der Waals surface area (Å²) in [6, 6.07) is 9.55. The van der Waals surface area contributed by atoms with Gasteiger partial charge in [-0.15, -0.1) is 0 Å². The first-order chi connectivity index (χ1) is 13.7. The van der Waals surface area contributed by atoms with Crippen molar-refractivity contribution in [2.75, 3.05) is 13.7 Å². The Morgan fingerprint density at radius 2 is 1.76 bits per heavy atom. The van der Waals surface area contributed by atoms with Crippen LogP contribution in [0.1, 0.15) is 11.1 Å². The van der Waals surface area contributed by atoms with Gasteiger partial charge in [0.15, 0.2) is 0 Å². The van der Waals surface area contributed by atoms with E-state index in [4.69, 9.17) is 21.1 Å². The summed E-state index contributed by atoms with van der Waals surface area (Å²) in [4.78, 5) is 3.75. The Balaban J connectivity index is 2.01. The van der Waals surface area contributed by atoms with Gasteiger partial charge in [0, 0.05) is 17.7 Å². The fourth-order valence-corrected chi connectivity index (χ4v) is 3.02. The molecule has 0 bridgehead atoms. The molecule has 1 atom stereocenters. The van der Waals surface area contributed by atoms with E-state index in [0.29, 0.717) is 10.8 Å². The van der Waals surface area contributed by atoms with Crippen molar-refractivity contribution >= 4 is 11.6 Å². The highest BCUT2D eigenvalue weighted by atomic mass is 35.5. The number of ether oxygens (including phenoxy) is 2. The third kappa shape index (κ3) is 5.06. The first kappa shape index (κ1) is 21.1. The normalized spacial score (nSPS) is 13.9. The van der Waals surface area contributed by atoms with Crippen LogP contribution in [0.3, 0.4) is 0 Å². The van der Waals surface area contributed by atoms with Gasteiger partial charge in [-0.25, -0.2) is 9.67 Å². The molecule has 0 aliphatic heterocycles. The van der Waals surface area contributed by atoms with Gasteiger partial charge in [0.05, 0.1) is 18.7 Å². The molecule has 0 unspecified atom stereocenters. The standard InChI is InChI=1S/C19H17ClF3N3O3/c1-28-10-18(27,9-26-12-24-11-25-26)16-7-6-15(8-17(16)19(21,22)23)29-14-4-2-13(20)3-5-14/h2-8,11-12,27H,9-10H2,1H3/t18-/m0/s1. The van der Waals surface area contributed by atoms with Crippen LogP contribution in [0.4, 0.5) is 13.2 Å². The number of methoxy groups -OCH3 is 1. The van der Waals surface area contributed by atoms with Gasteiger partial charge in [-0.3, -0.25) is 0 Å². The molecule has 0 saturated carbocycles. The molecule has 1 heterocycles. The van der Waals surface area contributed by atoms with Gasteiger partial charge in [0.25, 0.3) is 0 Å². The summed E-state index contributed by atoms with van der Waals surface area (Å²) < 4.78 is 53.2. The van der Waals surface area contributed by atoms with E-state index in [2.05, 4.69) is 10.1 Å². The smallest absolute Gasteiger partial charge is 0.416 e. The van der Waals surface area contributed by atoms with Gasteiger partial charge in [0.2, 0.25) is 0 Å². The average Bonchev–Trinajstić information content (AvgIpc) is 3.16. The topological polar surface area (TPSA) is 69.4 Å². The zero-order valence-electron chi connectivity index (χ0n) is 15.2. The zero-order valence-corrected chi connectivity index (χ0v) is 16.0. The molecule has 29 heavy (non-hydrogen) atoms. The van der Waals surface area contributed by atoms with Crippen LogP contribution in [0.15, 0.2) is 55.1 Å². The highest BCUT2D eigenvalue weighted by Crippen LogP contribution is 2.40. The molecule has 6 nitrogen and oxygen atoms in total. The maximum Gasteiger partial charge on any atom is 0.416 e. The van der Waals surface area contributed by atoms with Crippen LogP contribution in [-0.2, 0) is 23.1 Å². The molecule has 2 aromatic carbocycles. The quantitative estimate of drug-likeness (QED) is 0.609. The van der Waals surface area contributed by atoms with E-state index in [1.54, 1.807) is 12.1 Å². The molecule has 10 heteroatoms. The Kier molecular flexibility index (Phi) is 6.11. The van der Waals surface area contributed by atoms with E-state index in [0.717, 1.165) is 6.07 Å². The number of hydrogen-bond acceptors (Lipinski definition) is 5. The second-order valence-corrected chi connectivity index (χ2v) is 6.76. The predicted octanol–water partition coefficient (Wildman–Crippen LogP) is 4.28. The van der Waals surface area contributed by atoms with Crippen LogP contribution in [-0.4, -0.2) is 33.6 Å². The van der Waals surface area contributed by atoms with Gasteiger partial charge in [-0.1, -0.05) is 17.7 Å². The van der Waals surface area contributed by atoms with E-state index in [9.17, 15) is 18.3 Å². The number of hydrogen-bond donors (Lipinski definition) is 1. The molecule has 0 saturated heterocycles. The Hall–Kier alpha value is -2.62. The Bertz CT molecular complexity index is 950. The monoisotopic (exact) mass is 427 g/mol. The van der Waals surface area contributed by atoms with Crippen LogP contribution in [0.2, 0.25) is 5.02 Å². The molecule has 0 spiro atoms. The van der Waals surface area contributed by atoms with Crippen LogP contribution in [0.25, 0.3) is 0 Å². The van der Waals surface area contributed by atoms with Gasteiger partial charge in [-0.2, -0.15) is 18.3 Å². The minimum atomic E-state index is -4.74. The molecule has 1 N–H and O–H groups in total. The maximum atomic E-state index is 13.8. The highest BCUT2D eigenvalue weighted by molar-refractivity contribution is 6.30.